The Morgan fingerprint density at radius 2 is 2.13 bits per heavy atom. The quantitative estimate of drug-likeness (QED) is 0.842. The van der Waals surface area contributed by atoms with Crippen molar-refractivity contribution in [1.82, 2.24) is 10.0 Å². The Bertz CT molecular complexity index is 467. The Balaban J connectivity index is 2.24. The van der Waals surface area contributed by atoms with Crippen molar-refractivity contribution in [2.75, 3.05) is 13.1 Å². The van der Waals surface area contributed by atoms with Gasteiger partial charge in [0.2, 0.25) is 10.0 Å². The Morgan fingerprint density at radius 1 is 1.47 bits per heavy atom. The van der Waals surface area contributed by atoms with Gasteiger partial charge in [0, 0.05) is 19.1 Å². The van der Waals surface area contributed by atoms with Crippen LogP contribution in [0.5, 0.6) is 0 Å². The summed E-state index contributed by atoms with van der Waals surface area (Å²) in [6.45, 7) is 1.39. The van der Waals surface area contributed by atoms with Gasteiger partial charge in [-0.1, -0.05) is 0 Å². The van der Waals surface area contributed by atoms with E-state index in [-0.39, 0.29) is 6.04 Å². The van der Waals surface area contributed by atoms with E-state index in [1.54, 1.807) is 6.07 Å². The van der Waals surface area contributed by atoms with Crippen LogP contribution < -0.4 is 10.0 Å². The third-order valence-electron chi connectivity index (χ3n) is 2.02. The highest BCUT2D eigenvalue weighted by molar-refractivity contribution is 9.12. The molecule has 1 aromatic heterocycles. The first-order chi connectivity index (χ1) is 6.99. The molecule has 0 bridgehead atoms. The number of nitrogens with one attached hydrogen (secondary N) is 2. The molecule has 1 aliphatic rings. The van der Waals surface area contributed by atoms with Gasteiger partial charge in [-0.3, -0.25) is 0 Å². The summed E-state index contributed by atoms with van der Waals surface area (Å²) in [5, 5.41) is 3.01. The average molecular weight is 376 g/mol. The van der Waals surface area contributed by atoms with Gasteiger partial charge in [0.25, 0.3) is 0 Å². The summed E-state index contributed by atoms with van der Waals surface area (Å²) in [5.74, 6) is 0. The normalized spacial score (nSPS) is 17.7. The van der Waals surface area contributed by atoms with E-state index in [4.69, 9.17) is 0 Å². The molecular weight excluding hydrogens is 368 g/mol. The van der Waals surface area contributed by atoms with Gasteiger partial charge in [0.1, 0.15) is 4.90 Å². The highest BCUT2D eigenvalue weighted by Crippen LogP contribution is 2.34. The minimum atomic E-state index is -3.39. The molecule has 4 nitrogen and oxygen atoms in total. The zero-order valence-electron chi connectivity index (χ0n) is 7.46. The fourth-order valence-electron chi connectivity index (χ4n) is 1.16. The maximum atomic E-state index is 11.9. The van der Waals surface area contributed by atoms with Gasteiger partial charge in [-0.25, -0.2) is 13.1 Å². The van der Waals surface area contributed by atoms with Crippen molar-refractivity contribution in [3.05, 3.63) is 13.6 Å². The van der Waals surface area contributed by atoms with Gasteiger partial charge in [-0.05, 0) is 37.9 Å². The van der Waals surface area contributed by atoms with Crippen LogP contribution in [0.25, 0.3) is 0 Å². The molecular formula is C7H8Br2N2O2S2. The van der Waals surface area contributed by atoms with Crippen LogP contribution >= 0.6 is 43.2 Å². The molecule has 0 aromatic carbocycles. The van der Waals surface area contributed by atoms with Gasteiger partial charge >= 0.3 is 0 Å². The minimum Gasteiger partial charge on any atom is -0.313 e. The molecule has 0 spiro atoms. The molecule has 2 N–H and O–H groups in total. The molecule has 1 saturated heterocycles. The lowest BCUT2D eigenvalue weighted by Crippen LogP contribution is -2.56. The molecule has 2 rings (SSSR count). The van der Waals surface area contributed by atoms with Gasteiger partial charge in [-0.2, -0.15) is 0 Å². The van der Waals surface area contributed by atoms with Crippen LogP contribution in [0.4, 0.5) is 0 Å². The zero-order valence-corrected chi connectivity index (χ0v) is 12.3. The van der Waals surface area contributed by atoms with Crippen molar-refractivity contribution in [3.8, 4) is 0 Å². The molecule has 0 aliphatic carbocycles. The summed E-state index contributed by atoms with van der Waals surface area (Å²) in [4.78, 5) is 0.297. The minimum absolute atomic E-state index is 0.0144. The van der Waals surface area contributed by atoms with Crippen LogP contribution in [0.15, 0.2) is 18.5 Å². The van der Waals surface area contributed by atoms with E-state index in [1.165, 1.54) is 11.3 Å². The molecule has 15 heavy (non-hydrogen) atoms. The number of hydrogen-bond acceptors (Lipinski definition) is 4. The summed E-state index contributed by atoms with van der Waals surface area (Å²) in [6.07, 6.45) is 0. The lowest BCUT2D eigenvalue weighted by Gasteiger charge is -2.27. The van der Waals surface area contributed by atoms with E-state index < -0.39 is 10.0 Å². The first-order valence-electron chi connectivity index (χ1n) is 4.17. The maximum Gasteiger partial charge on any atom is 0.242 e. The summed E-state index contributed by atoms with van der Waals surface area (Å²) < 4.78 is 27.8. The number of hydrogen-bond donors (Lipinski definition) is 2. The summed E-state index contributed by atoms with van der Waals surface area (Å²) in [5.41, 5.74) is 0. The SMILES string of the molecule is O=S(=O)(NC1CNC1)c1cc(Br)sc1Br. The van der Waals surface area contributed by atoms with Crippen molar-refractivity contribution in [2.24, 2.45) is 0 Å². The predicted molar refractivity (Wildman–Crippen MR) is 66.7 cm³/mol. The summed E-state index contributed by atoms with van der Waals surface area (Å²) >= 11 is 7.84. The average Bonchev–Trinajstić information content (AvgIpc) is 2.39. The second-order valence-corrected chi connectivity index (χ2v) is 8.60. The molecule has 8 heteroatoms. The molecule has 0 atom stereocenters. The van der Waals surface area contributed by atoms with Crippen LogP contribution in [-0.4, -0.2) is 27.5 Å². The Labute approximate surface area is 109 Å². The van der Waals surface area contributed by atoms with E-state index in [9.17, 15) is 8.42 Å². The maximum absolute atomic E-state index is 11.9. The van der Waals surface area contributed by atoms with Gasteiger partial charge in [0.05, 0.1) is 7.57 Å². The second kappa shape index (κ2) is 4.42. The molecule has 0 saturated carbocycles. The van der Waals surface area contributed by atoms with Crippen molar-refractivity contribution in [1.29, 1.82) is 0 Å². The molecule has 0 unspecified atom stereocenters. The largest absolute Gasteiger partial charge is 0.313 e. The zero-order chi connectivity index (χ0) is 11.1. The molecule has 1 aromatic rings. The Morgan fingerprint density at radius 3 is 2.53 bits per heavy atom. The predicted octanol–water partition coefficient (Wildman–Crippen LogP) is 1.52. The van der Waals surface area contributed by atoms with E-state index in [1.807, 2.05) is 0 Å². The molecule has 84 valence electrons. The standard InChI is InChI=1S/C7H8Br2N2O2S2/c8-6-1-5(7(9)14-6)15(12,13)11-4-2-10-3-4/h1,4,10-11H,2-3H2. The Hall–Kier alpha value is 0.530. The van der Waals surface area contributed by atoms with Crippen molar-refractivity contribution >= 4 is 53.2 Å². The first kappa shape index (κ1) is 12.0. The Kier molecular flexibility index (Phi) is 3.54. The topological polar surface area (TPSA) is 58.2 Å². The lowest BCUT2D eigenvalue weighted by molar-refractivity contribution is 0.410. The summed E-state index contributed by atoms with van der Waals surface area (Å²) in [6, 6.07) is 1.61. The van der Waals surface area contributed by atoms with Gasteiger partial charge in [0.15, 0.2) is 0 Å². The van der Waals surface area contributed by atoms with E-state index in [0.29, 0.717) is 21.8 Å². The van der Waals surface area contributed by atoms with Gasteiger partial charge in [-0.15, -0.1) is 11.3 Å². The third kappa shape index (κ3) is 2.62. The van der Waals surface area contributed by atoms with Crippen LogP contribution in [0.3, 0.4) is 0 Å². The lowest BCUT2D eigenvalue weighted by atomic mass is 10.2. The second-order valence-electron chi connectivity index (χ2n) is 3.16. The van der Waals surface area contributed by atoms with Crippen molar-refractivity contribution in [2.45, 2.75) is 10.9 Å². The smallest absolute Gasteiger partial charge is 0.242 e. The van der Waals surface area contributed by atoms with Crippen LogP contribution in [-0.2, 0) is 10.0 Å². The molecule has 0 amide bonds. The van der Waals surface area contributed by atoms with Crippen molar-refractivity contribution in [3.63, 3.8) is 0 Å². The highest BCUT2D eigenvalue weighted by Gasteiger charge is 2.26. The number of halogens is 2. The van der Waals surface area contributed by atoms with Gasteiger partial charge < -0.3 is 5.32 Å². The van der Waals surface area contributed by atoms with Crippen LogP contribution in [0.1, 0.15) is 0 Å². The fraction of sp³-hybridized carbons (Fsp3) is 0.429. The summed E-state index contributed by atoms with van der Waals surface area (Å²) in [7, 11) is -3.39. The highest BCUT2D eigenvalue weighted by atomic mass is 79.9. The first-order valence-corrected chi connectivity index (χ1v) is 8.05. The monoisotopic (exact) mass is 374 g/mol. The van der Waals surface area contributed by atoms with Crippen molar-refractivity contribution < 1.29 is 8.42 Å². The number of rotatable bonds is 3. The number of sulfonamides is 1. The fourth-order valence-corrected chi connectivity index (χ4v) is 6.21. The number of thiophene rings is 1. The van der Waals surface area contributed by atoms with E-state index in [2.05, 4.69) is 41.9 Å². The van der Waals surface area contributed by atoms with Crippen LogP contribution in [0.2, 0.25) is 0 Å². The molecule has 2 heterocycles. The molecule has 0 radical (unpaired) electrons. The molecule has 1 fully saturated rings. The van der Waals surface area contributed by atoms with E-state index in [0.717, 1.165) is 3.79 Å². The molecule has 1 aliphatic heterocycles. The van der Waals surface area contributed by atoms with E-state index >= 15 is 0 Å². The third-order valence-corrected chi connectivity index (χ3v) is 6.29. The van der Waals surface area contributed by atoms with Crippen LogP contribution in [0, 0.1) is 0 Å².